The first-order valence-corrected chi connectivity index (χ1v) is 12.7. The largest absolute Gasteiger partial charge is 0.462 e. The minimum absolute atomic E-state index is 0.00242. The van der Waals surface area contributed by atoms with Gasteiger partial charge in [-0.2, -0.15) is 0 Å². The molecule has 0 spiro atoms. The van der Waals surface area contributed by atoms with Gasteiger partial charge in [-0.15, -0.1) is 0 Å². The summed E-state index contributed by atoms with van der Waals surface area (Å²) in [6.07, 6.45) is 31.8. The predicted molar refractivity (Wildman–Crippen MR) is 145 cm³/mol. The van der Waals surface area contributed by atoms with Crippen LogP contribution in [0.5, 0.6) is 5.75 Å². The summed E-state index contributed by atoms with van der Waals surface area (Å²) in [6.45, 7) is 3.93. The molecule has 4 nitrogen and oxygen atoms in total. The fourth-order valence-electron chi connectivity index (χ4n) is 2.97. The van der Waals surface area contributed by atoms with Crippen LogP contribution in [-0.2, 0) is 9.53 Å². The summed E-state index contributed by atoms with van der Waals surface area (Å²) in [5.74, 6) is -1.82. The topological polar surface area (TPSA) is 52.6 Å². The number of carbonyl (C=O) groups is 2. The average Bonchev–Trinajstić information content (AvgIpc) is 2.86. The van der Waals surface area contributed by atoms with Gasteiger partial charge in [0.05, 0.1) is 6.61 Å². The number of rotatable bonds is 17. The van der Waals surface area contributed by atoms with Gasteiger partial charge in [-0.3, -0.25) is 4.79 Å². The van der Waals surface area contributed by atoms with E-state index in [0.717, 1.165) is 50.7 Å². The van der Waals surface area contributed by atoms with E-state index in [2.05, 4.69) is 67.7 Å². The number of ether oxygens (including phenoxy) is 2. The Labute approximate surface area is 215 Å². The molecule has 0 heterocycles. The van der Waals surface area contributed by atoms with Crippen LogP contribution in [0.3, 0.4) is 0 Å². The molecule has 0 unspecified atom stereocenters. The maximum atomic E-state index is 13.5. The Balaban J connectivity index is 2.19. The van der Waals surface area contributed by atoms with Crippen molar-refractivity contribution in [2.75, 3.05) is 6.61 Å². The first kappa shape index (κ1) is 30.6. The summed E-state index contributed by atoms with van der Waals surface area (Å²) in [4.78, 5) is 24.0. The van der Waals surface area contributed by atoms with Crippen LogP contribution in [0.2, 0.25) is 0 Å². The summed E-state index contributed by atoms with van der Waals surface area (Å²) in [5.41, 5.74) is -0.0980. The van der Waals surface area contributed by atoms with Gasteiger partial charge in [0.2, 0.25) is 0 Å². The van der Waals surface area contributed by atoms with Crippen molar-refractivity contribution in [3.8, 4) is 5.75 Å². The Kier molecular flexibility index (Phi) is 17.7. The van der Waals surface area contributed by atoms with Crippen LogP contribution in [0.1, 0.15) is 75.6 Å². The first-order valence-electron chi connectivity index (χ1n) is 12.7. The molecule has 1 aromatic carbocycles. The number of hydrogen-bond acceptors (Lipinski definition) is 4. The number of allylic oxidation sites excluding steroid dienone is 12. The lowest BCUT2D eigenvalue weighted by Crippen LogP contribution is -2.12. The molecule has 0 saturated carbocycles. The van der Waals surface area contributed by atoms with Crippen molar-refractivity contribution in [2.45, 2.75) is 65.2 Å². The number of halogens is 1. The molecule has 5 heteroatoms. The van der Waals surface area contributed by atoms with E-state index in [-0.39, 0.29) is 24.3 Å². The fourth-order valence-corrected chi connectivity index (χ4v) is 2.97. The lowest BCUT2D eigenvalue weighted by Gasteiger charge is -2.09. The Morgan fingerprint density at radius 3 is 1.75 bits per heavy atom. The Bertz CT molecular complexity index is 951. The van der Waals surface area contributed by atoms with E-state index < -0.39 is 17.8 Å². The predicted octanol–water partition coefficient (Wildman–Crippen LogP) is 8.39. The number of esters is 2. The van der Waals surface area contributed by atoms with Gasteiger partial charge in [0.25, 0.3) is 0 Å². The van der Waals surface area contributed by atoms with Crippen molar-refractivity contribution in [2.24, 2.45) is 0 Å². The molecule has 0 radical (unpaired) electrons. The zero-order valence-corrected chi connectivity index (χ0v) is 21.5. The second-order valence-corrected chi connectivity index (χ2v) is 7.79. The number of carbonyl (C=O) groups excluding carboxylic acids is 2. The van der Waals surface area contributed by atoms with Gasteiger partial charge >= 0.3 is 11.9 Å². The molecule has 0 amide bonds. The van der Waals surface area contributed by atoms with E-state index in [9.17, 15) is 14.0 Å². The second-order valence-electron chi connectivity index (χ2n) is 7.79. The monoisotopic (exact) mass is 494 g/mol. The molecule has 0 aliphatic rings. The van der Waals surface area contributed by atoms with Crippen molar-refractivity contribution in [3.63, 3.8) is 0 Å². The van der Waals surface area contributed by atoms with Crippen LogP contribution < -0.4 is 4.74 Å². The quantitative estimate of drug-likeness (QED) is 0.124. The van der Waals surface area contributed by atoms with E-state index in [1.165, 1.54) is 6.07 Å². The van der Waals surface area contributed by atoms with Gasteiger partial charge in [0.15, 0.2) is 0 Å². The molecule has 0 N–H and O–H groups in total. The average molecular weight is 495 g/mol. The lowest BCUT2D eigenvalue weighted by atomic mass is 10.2. The highest BCUT2D eigenvalue weighted by molar-refractivity contribution is 5.93. The van der Waals surface area contributed by atoms with E-state index in [0.29, 0.717) is 6.42 Å². The SMILES string of the molecule is CCC=CCC=CCC=CCC=CCC=CCC=CCCC(=O)Oc1ccc(F)cc1C(=O)OCC. The summed E-state index contributed by atoms with van der Waals surface area (Å²) in [7, 11) is 0. The van der Waals surface area contributed by atoms with Gasteiger partial charge in [-0.25, -0.2) is 9.18 Å². The van der Waals surface area contributed by atoms with Crippen LogP contribution in [0.4, 0.5) is 4.39 Å². The third-order valence-electron chi connectivity index (χ3n) is 4.77. The minimum atomic E-state index is -0.725. The maximum Gasteiger partial charge on any atom is 0.342 e. The highest BCUT2D eigenvalue weighted by Crippen LogP contribution is 2.21. The Hall–Kier alpha value is -3.47. The summed E-state index contributed by atoms with van der Waals surface area (Å²) in [6, 6.07) is 3.40. The molecule has 1 aromatic rings. The van der Waals surface area contributed by atoms with Crippen molar-refractivity contribution < 1.29 is 23.5 Å². The van der Waals surface area contributed by atoms with Crippen LogP contribution >= 0.6 is 0 Å². The summed E-state index contributed by atoms with van der Waals surface area (Å²) < 4.78 is 23.6. The highest BCUT2D eigenvalue weighted by Gasteiger charge is 2.17. The third-order valence-corrected chi connectivity index (χ3v) is 4.77. The second kappa shape index (κ2) is 20.9. The van der Waals surface area contributed by atoms with E-state index >= 15 is 0 Å². The summed E-state index contributed by atoms with van der Waals surface area (Å²) in [5, 5.41) is 0. The first-order chi connectivity index (χ1) is 17.6. The molecule has 0 aliphatic carbocycles. The van der Waals surface area contributed by atoms with E-state index in [1.54, 1.807) is 6.92 Å². The molecule has 0 aliphatic heterocycles. The molecular weight excluding hydrogens is 455 g/mol. The molecule has 0 fully saturated rings. The zero-order valence-electron chi connectivity index (χ0n) is 21.5. The number of hydrogen-bond donors (Lipinski definition) is 0. The van der Waals surface area contributed by atoms with Gasteiger partial charge in [-0.1, -0.05) is 79.8 Å². The minimum Gasteiger partial charge on any atom is -0.462 e. The Morgan fingerprint density at radius 1 is 0.750 bits per heavy atom. The molecule has 194 valence electrons. The smallest absolute Gasteiger partial charge is 0.342 e. The van der Waals surface area contributed by atoms with Crippen molar-refractivity contribution in [1.29, 1.82) is 0 Å². The highest BCUT2D eigenvalue weighted by atomic mass is 19.1. The summed E-state index contributed by atoms with van der Waals surface area (Å²) >= 11 is 0. The van der Waals surface area contributed by atoms with Gasteiger partial charge in [0, 0.05) is 6.42 Å². The third kappa shape index (κ3) is 15.4. The molecule has 0 atom stereocenters. The van der Waals surface area contributed by atoms with Crippen LogP contribution in [0.25, 0.3) is 0 Å². The standard InChI is InChI=1S/C31H39FO4/c1-3-5-6-7-8-9-10-11-12-13-14-15-16-17-18-19-20-21-22-23-30(33)36-29-25-24-27(32)26-28(29)31(34)35-4-2/h5-6,8-9,11-12,14-15,17-18,20-21,24-26H,3-4,7,10,13,16,19,22-23H2,1-2H3. The number of benzene rings is 1. The van der Waals surface area contributed by atoms with Gasteiger partial charge < -0.3 is 9.47 Å². The molecule has 1 rings (SSSR count). The lowest BCUT2D eigenvalue weighted by molar-refractivity contribution is -0.134. The molecule has 0 saturated heterocycles. The zero-order chi connectivity index (χ0) is 26.3. The molecule has 0 bridgehead atoms. The van der Waals surface area contributed by atoms with Gasteiger partial charge in [0.1, 0.15) is 17.1 Å². The normalized spacial score (nSPS) is 12.3. The van der Waals surface area contributed by atoms with Crippen LogP contribution in [0.15, 0.2) is 91.1 Å². The van der Waals surface area contributed by atoms with Crippen molar-refractivity contribution in [3.05, 3.63) is 102 Å². The Morgan fingerprint density at radius 2 is 1.25 bits per heavy atom. The molecule has 0 aromatic heterocycles. The van der Waals surface area contributed by atoms with E-state index in [4.69, 9.17) is 9.47 Å². The van der Waals surface area contributed by atoms with Gasteiger partial charge in [-0.05, 0) is 70.1 Å². The van der Waals surface area contributed by atoms with Crippen molar-refractivity contribution in [1.82, 2.24) is 0 Å². The molecule has 36 heavy (non-hydrogen) atoms. The van der Waals surface area contributed by atoms with Crippen LogP contribution in [-0.4, -0.2) is 18.5 Å². The van der Waals surface area contributed by atoms with Crippen molar-refractivity contribution >= 4 is 11.9 Å². The maximum absolute atomic E-state index is 13.5. The fraction of sp³-hybridized carbons (Fsp3) is 0.355. The van der Waals surface area contributed by atoms with Crippen LogP contribution in [0, 0.1) is 5.82 Å². The molecular formula is C31H39FO4. The van der Waals surface area contributed by atoms with E-state index in [1.807, 2.05) is 12.2 Å².